The molecular formula is C29H30N2O3S. The van der Waals surface area contributed by atoms with Crippen LogP contribution in [0.5, 0.6) is 0 Å². The number of hydrogen-bond donors (Lipinski definition) is 1. The molecule has 0 saturated carbocycles. The van der Waals surface area contributed by atoms with Gasteiger partial charge in [0.05, 0.1) is 28.3 Å². The standard InChI is InChI=1S/C29H30N2O3S/c1-20(21-10-4-2-5-11-21)30-19-22-16-17-25-24-14-8-9-15-26(24)31(29(25)27(30)18-28(22)32)35(33,34)23-12-6-3-7-13-23/h2-15,20,22,27-28,32H,16-19H2,1H3/t20-,22-,27+,28+/m0/s1. The van der Waals surface area contributed by atoms with Crippen LogP contribution in [0.15, 0.2) is 89.8 Å². The highest BCUT2D eigenvalue weighted by molar-refractivity contribution is 7.90. The van der Waals surface area contributed by atoms with Crippen LogP contribution in [0, 0.1) is 5.92 Å². The Labute approximate surface area is 206 Å². The van der Waals surface area contributed by atoms with E-state index in [0.717, 1.165) is 36.0 Å². The number of aryl methyl sites for hydroxylation is 1. The minimum absolute atomic E-state index is 0.0908. The smallest absolute Gasteiger partial charge is 0.268 e. The number of fused-ring (bicyclic) bond motifs is 4. The molecule has 1 aliphatic carbocycles. The van der Waals surface area contributed by atoms with E-state index in [1.54, 1.807) is 28.2 Å². The molecule has 4 atom stereocenters. The van der Waals surface area contributed by atoms with Gasteiger partial charge in [0.15, 0.2) is 0 Å². The molecule has 0 radical (unpaired) electrons. The Hall–Kier alpha value is -2.93. The maximum Gasteiger partial charge on any atom is 0.268 e. The monoisotopic (exact) mass is 486 g/mol. The Morgan fingerprint density at radius 3 is 2.31 bits per heavy atom. The summed E-state index contributed by atoms with van der Waals surface area (Å²) in [6.07, 6.45) is 1.67. The molecule has 5 nitrogen and oxygen atoms in total. The van der Waals surface area contributed by atoms with E-state index in [2.05, 4.69) is 24.0 Å². The number of rotatable bonds is 4. The van der Waals surface area contributed by atoms with E-state index in [0.29, 0.717) is 11.9 Å². The summed E-state index contributed by atoms with van der Waals surface area (Å²) in [4.78, 5) is 2.70. The highest BCUT2D eigenvalue weighted by Gasteiger charge is 2.44. The second-order valence-electron chi connectivity index (χ2n) is 9.86. The van der Waals surface area contributed by atoms with E-state index >= 15 is 0 Å². The van der Waals surface area contributed by atoms with Gasteiger partial charge in [0.25, 0.3) is 10.0 Å². The molecular weight excluding hydrogens is 456 g/mol. The maximum absolute atomic E-state index is 14.2. The maximum atomic E-state index is 14.2. The van der Waals surface area contributed by atoms with Gasteiger partial charge in [-0.1, -0.05) is 66.7 Å². The van der Waals surface area contributed by atoms with Gasteiger partial charge in [-0.25, -0.2) is 12.4 Å². The van der Waals surface area contributed by atoms with Crippen LogP contribution in [-0.2, 0) is 16.4 Å². The Morgan fingerprint density at radius 1 is 0.914 bits per heavy atom. The van der Waals surface area contributed by atoms with Crippen molar-refractivity contribution in [3.05, 3.63) is 102 Å². The number of aliphatic hydroxyl groups is 1. The van der Waals surface area contributed by atoms with Gasteiger partial charge in [-0.15, -0.1) is 0 Å². The molecule has 7 rings (SSSR count). The molecule has 2 aliphatic heterocycles. The Balaban J connectivity index is 1.61. The summed E-state index contributed by atoms with van der Waals surface area (Å²) in [6, 6.07) is 26.8. The topological polar surface area (TPSA) is 62.5 Å². The van der Waals surface area contributed by atoms with Crippen LogP contribution in [0.2, 0.25) is 0 Å². The quantitative estimate of drug-likeness (QED) is 0.425. The van der Waals surface area contributed by atoms with E-state index in [1.807, 2.05) is 48.5 Å². The van der Waals surface area contributed by atoms with Crippen molar-refractivity contribution < 1.29 is 13.5 Å². The molecule has 3 aliphatic rings. The summed E-state index contributed by atoms with van der Waals surface area (Å²) >= 11 is 0. The van der Waals surface area contributed by atoms with Crippen LogP contribution >= 0.6 is 0 Å². The van der Waals surface area contributed by atoms with Gasteiger partial charge >= 0.3 is 0 Å². The number of aromatic nitrogens is 1. The predicted molar refractivity (Wildman–Crippen MR) is 138 cm³/mol. The van der Waals surface area contributed by atoms with E-state index in [4.69, 9.17) is 0 Å². The average Bonchev–Trinajstić information content (AvgIpc) is 3.21. The molecule has 3 aromatic carbocycles. The SMILES string of the molecule is C[C@@H](c1ccccc1)N1C[C@@H]2CCc3c(n(S(=O)(=O)c4ccccc4)c4ccccc34)[C@H]1C[C@H]2O. The lowest BCUT2D eigenvalue weighted by atomic mass is 9.79. The zero-order chi connectivity index (χ0) is 24.2. The molecule has 0 unspecified atom stereocenters. The zero-order valence-electron chi connectivity index (χ0n) is 19.8. The highest BCUT2D eigenvalue weighted by atomic mass is 32.2. The second kappa shape index (κ2) is 8.63. The Kier molecular flexibility index (Phi) is 5.55. The van der Waals surface area contributed by atoms with Crippen LogP contribution in [0.4, 0.5) is 0 Å². The molecule has 4 aromatic rings. The van der Waals surface area contributed by atoms with Gasteiger partial charge in [0, 0.05) is 18.0 Å². The highest BCUT2D eigenvalue weighted by Crippen LogP contribution is 2.47. The first kappa shape index (κ1) is 22.5. The Morgan fingerprint density at radius 2 is 1.57 bits per heavy atom. The molecule has 3 heterocycles. The third-order valence-electron chi connectivity index (χ3n) is 7.97. The lowest BCUT2D eigenvalue weighted by Crippen LogP contribution is -2.48. The van der Waals surface area contributed by atoms with Gasteiger partial charge in [0.2, 0.25) is 0 Å². The fourth-order valence-electron chi connectivity index (χ4n) is 6.16. The third-order valence-corrected chi connectivity index (χ3v) is 9.71. The fraction of sp³-hybridized carbons (Fsp3) is 0.310. The number of aliphatic hydroxyl groups excluding tert-OH is 1. The van der Waals surface area contributed by atoms with Gasteiger partial charge in [-0.05, 0) is 61.4 Å². The van der Waals surface area contributed by atoms with Crippen LogP contribution in [-0.4, -0.2) is 35.0 Å². The largest absolute Gasteiger partial charge is 0.393 e. The van der Waals surface area contributed by atoms with Gasteiger partial charge in [0.1, 0.15) is 0 Å². The van der Waals surface area contributed by atoms with Crippen LogP contribution < -0.4 is 0 Å². The first-order chi connectivity index (χ1) is 17.0. The number of benzene rings is 3. The minimum atomic E-state index is -3.84. The molecule has 35 heavy (non-hydrogen) atoms. The van der Waals surface area contributed by atoms with Gasteiger partial charge in [-0.3, -0.25) is 4.90 Å². The van der Waals surface area contributed by atoms with Crippen molar-refractivity contribution in [2.45, 2.75) is 49.3 Å². The van der Waals surface area contributed by atoms with E-state index in [1.165, 1.54) is 5.56 Å². The number of nitrogens with zero attached hydrogens (tertiary/aromatic N) is 2. The summed E-state index contributed by atoms with van der Waals surface area (Å²) in [7, 11) is -3.84. The summed E-state index contributed by atoms with van der Waals surface area (Å²) < 4.78 is 29.9. The van der Waals surface area contributed by atoms with E-state index < -0.39 is 16.1 Å². The molecule has 1 aromatic heterocycles. The third kappa shape index (κ3) is 3.63. The fourth-order valence-corrected chi connectivity index (χ4v) is 7.78. The molecule has 2 bridgehead atoms. The van der Waals surface area contributed by atoms with Crippen molar-refractivity contribution in [2.75, 3.05) is 6.54 Å². The molecule has 1 fully saturated rings. The lowest BCUT2D eigenvalue weighted by Gasteiger charge is -2.47. The summed E-state index contributed by atoms with van der Waals surface area (Å²) in [6.45, 7) is 2.94. The van der Waals surface area contributed by atoms with Crippen molar-refractivity contribution in [3.8, 4) is 0 Å². The molecule has 0 spiro atoms. The van der Waals surface area contributed by atoms with Gasteiger partial charge in [-0.2, -0.15) is 0 Å². The normalized spacial score (nSPS) is 23.5. The Bertz CT molecular complexity index is 1460. The second-order valence-corrected chi connectivity index (χ2v) is 11.7. The summed E-state index contributed by atoms with van der Waals surface area (Å²) in [5, 5.41) is 12.1. The summed E-state index contributed by atoms with van der Waals surface area (Å²) in [5.41, 5.74) is 3.83. The van der Waals surface area contributed by atoms with Crippen LogP contribution in [0.1, 0.15) is 48.7 Å². The van der Waals surface area contributed by atoms with Crippen molar-refractivity contribution in [1.82, 2.24) is 8.87 Å². The van der Waals surface area contributed by atoms with Crippen molar-refractivity contribution in [3.63, 3.8) is 0 Å². The molecule has 180 valence electrons. The van der Waals surface area contributed by atoms with Crippen molar-refractivity contribution in [1.29, 1.82) is 0 Å². The van der Waals surface area contributed by atoms with Crippen LogP contribution in [0.3, 0.4) is 0 Å². The molecule has 6 heteroatoms. The van der Waals surface area contributed by atoms with E-state index in [-0.39, 0.29) is 22.9 Å². The van der Waals surface area contributed by atoms with Crippen molar-refractivity contribution in [2.24, 2.45) is 5.92 Å². The van der Waals surface area contributed by atoms with Crippen molar-refractivity contribution >= 4 is 20.9 Å². The molecule has 1 saturated heterocycles. The zero-order valence-corrected chi connectivity index (χ0v) is 20.6. The number of para-hydroxylation sites is 1. The van der Waals surface area contributed by atoms with Crippen LogP contribution in [0.25, 0.3) is 10.9 Å². The first-order valence-corrected chi connectivity index (χ1v) is 13.8. The van der Waals surface area contributed by atoms with Gasteiger partial charge < -0.3 is 5.11 Å². The minimum Gasteiger partial charge on any atom is -0.393 e. The molecule has 1 N–H and O–H groups in total. The van der Waals surface area contributed by atoms with E-state index in [9.17, 15) is 13.5 Å². The molecule has 0 amide bonds. The first-order valence-electron chi connectivity index (χ1n) is 12.4. The lowest BCUT2D eigenvalue weighted by molar-refractivity contribution is -0.0331. The predicted octanol–water partition coefficient (Wildman–Crippen LogP) is 5.31. The number of hydrogen-bond acceptors (Lipinski definition) is 4. The average molecular weight is 487 g/mol. The summed E-state index contributed by atoms with van der Waals surface area (Å²) in [5.74, 6) is 0.165. The number of piperidine rings is 1.